The fourth-order valence-corrected chi connectivity index (χ4v) is 10.2. The second kappa shape index (κ2) is 12.5. The van der Waals surface area contributed by atoms with E-state index in [-0.39, 0.29) is 14.5 Å². The first-order valence-corrected chi connectivity index (χ1v) is 19.6. The van der Waals surface area contributed by atoms with Gasteiger partial charge in [0.25, 0.3) is 0 Å². The van der Waals surface area contributed by atoms with Crippen molar-refractivity contribution in [1.82, 2.24) is 19.9 Å². The number of hydrogen-bond donors (Lipinski definition) is 0. The molecule has 3 aromatic heterocycles. The minimum absolute atomic E-state index is 0.136. The van der Waals surface area contributed by atoms with E-state index >= 15 is 0 Å². The molecule has 252 valence electrons. The van der Waals surface area contributed by atoms with Crippen molar-refractivity contribution in [2.24, 2.45) is 0 Å². The third-order valence-electron chi connectivity index (χ3n) is 10.1. The Morgan fingerprint density at radius 1 is 0.407 bits per heavy atom. The van der Waals surface area contributed by atoms with E-state index in [1.807, 2.05) is 54.6 Å². The van der Waals surface area contributed by atoms with Gasteiger partial charge in [-0.15, -0.1) is 0 Å². The van der Waals surface area contributed by atoms with Crippen molar-refractivity contribution in [3.8, 4) is 56.7 Å². The summed E-state index contributed by atoms with van der Waals surface area (Å²) in [5.74, 6) is 2.52. The zero-order valence-electron chi connectivity index (χ0n) is 28.8. The predicted octanol–water partition coefficient (Wildman–Crippen LogP) is 12.0. The number of hydrogen-bond acceptors (Lipinski definition) is 5. The normalized spacial score (nSPS) is 11.7. The van der Waals surface area contributed by atoms with Crippen LogP contribution in [0.1, 0.15) is 0 Å². The van der Waals surface area contributed by atoms with E-state index in [4.69, 9.17) is 24.4 Å². The van der Waals surface area contributed by atoms with Gasteiger partial charge in [-0.3, -0.25) is 0 Å². The van der Waals surface area contributed by atoms with Crippen molar-refractivity contribution in [3.63, 3.8) is 0 Å². The molecule has 0 atom stereocenters. The third-order valence-corrected chi connectivity index (χ3v) is 12.7. The van der Waals surface area contributed by atoms with Crippen LogP contribution in [0.15, 0.2) is 174 Å². The molecule has 0 unspecified atom stereocenters. The first kappa shape index (κ1) is 30.9. The van der Waals surface area contributed by atoms with Crippen LogP contribution < -0.4 is 0 Å². The Hall–Kier alpha value is -6.72. The van der Waals surface area contributed by atoms with Gasteiger partial charge in [0, 0.05) is 5.56 Å². The van der Waals surface area contributed by atoms with Crippen LogP contribution in [-0.4, -0.2) is 34.4 Å². The topological polar surface area (TPSA) is 64.7 Å². The molecular weight excluding hydrogens is 728 g/mol. The zero-order chi connectivity index (χ0) is 35.6. The van der Waals surface area contributed by atoms with Gasteiger partial charge >= 0.3 is 265 Å². The van der Waals surface area contributed by atoms with Gasteiger partial charge in [-0.2, -0.15) is 0 Å². The average molecular weight is 756 g/mol. The van der Waals surface area contributed by atoms with Gasteiger partial charge in [0.05, 0.1) is 0 Å². The number of rotatable bonds is 5. The van der Waals surface area contributed by atoms with Crippen molar-refractivity contribution in [2.45, 2.75) is 0 Å². The summed E-state index contributed by atoms with van der Waals surface area (Å²) in [6, 6.07) is 59.0. The second-order valence-electron chi connectivity index (χ2n) is 13.4. The molecule has 0 N–H and O–H groups in total. The van der Waals surface area contributed by atoms with Crippen molar-refractivity contribution in [3.05, 3.63) is 170 Å². The second-order valence-corrected chi connectivity index (χ2v) is 15.6. The maximum atomic E-state index is 6.53. The van der Waals surface area contributed by atoms with Crippen molar-refractivity contribution in [1.29, 1.82) is 0 Å². The average Bonchev–Trinajstić information content (AvgIpc) is 3.86. The van der Waals surface area contributed by atoms with Crippen molar-refractivity contribution in [2.75, 3.05) is 0 Å². The maximum absolute atomic E-state index is 6.53. The molecule has 0 aliphatic rings. The van der Waals surface area contributed by atoms with Crippen LogP contribution in [0.5, 0.6) is 0 Å². The van der Waals surface area contributed by atoms with Crippen molar-refractivity contribution >= 4 is 66.4 Å². The molecule has 6 heteroatoms. The van der Waals surface area contributed by atoms with Crippen LogP contribution in [0.4, 0.5) is 0 Å². The van der Waals surface area contributed by atoms with Gasteiger partial charge in [-0.1, -0.05) is 18.2 Å². The van der Waals surface area contributed by atoms with E-state index in [2.05, 4.69) is 115 Å². The van der Waals surface area contributed by atoms with Crippen LogP contribution in [0.2, 0.25) is 0 Å². The fraction of sp³-hybridized carbons (Fsp3) is 0. The molecule has 0 aliphatic heterocycles. The summed E-state index contributed by atoms with van der Waals surface area (Å²) in [5, 5.41) is 6.73. The SMILES string of the molecule is c1ccc(-c2nc(-c3ccc4ccc5ccc6nc(-c7ccccc7)oc6c5c4c3)nc(-c3cccc4[se]c5c(-c6ccccc6)cccc5c34)n2)cc1. The van der Waals surface area contributed by atoms with E-state index in [0.29, 0.717) is 23.4 Å². The van der Waals surface area contributed by atoms with Crippen LogP contribution in [0.25, 0.3) is 109 Å². The number of fused-ring (bicyclic) bond motifs is 8. The minimum atomic E-state index is 0.136. The summed E-state index contributed by atoms with van der Waals surface area (Å²) in [7, 11) is 0. The molecule has 0 saturated heterocycles. The van der Waals surface area contributed by atoms with E-state index < -0.39 is 0 Å². The molecule has 0 amide bonds. The van der Waals surface area contributed by atoms with Gasteiger partial charge in [0.2, 0.25) is 5.89 Å². The monoisotopic (exact) mass is 756 g/mol. The van der Waals surface area contributed by atoms with Crippen molar-refractivity contribution < 1.29 is 4.42 Å². The summed E-state index contributed by atoms with van der Waals surface area (Å²) in [6.45, 7) is 0. The molecule has 5 nitrogen and oxygen atoms in total. The van der Waals surface area contributed by atoms with Crippen LogP contribution in [0, 0.1) is 0 Å². The predicted molar refractivity (Wildman–Crippen MR) is 222 cm³/mol. The molecule has 11 aromatic rings. The number of nitrogens with zero attached hydrogens (tertiary/aromatic N) is 4. The van der Waals surface area contributed by atoms with Gasteiger partial charge in [-0.05, 0) is 18.2 Å². The number of benzene rings is 8. The van der Waals surface area contributed by atoms with Gasteiger partial charge in [0.15, 0.2) is 0 Å². The molecule has 8 aromatic carbocycles. The van der Waals surface area contributed by atoms with Gasteiger partial charge in [0.1, 0.15) is 0 Å². The Labute approximate surface area is 316 Å². The van der Waals surface area contributed by atoms with Gasteiger partial charge in [-0.25, -0.2) is 4.98 Å². The standard InChI is InChI=1S/C48H28N4OSe/c1-4-12-29(13-5-1)35-18-10-19-36-42-37(20-11-21-40(42)54-44(35)36)47-51-45(32-14-6-2-7-15-32)50-46(52-47)34-25-23-30-22-24-31-26-27-39-43(41(31)38(30)28-34)53-48(49-39)33-16-8-3-9-17-33/h1-28H. The molecule has 0 saturated carbocycles. The summed E-state index contributed by atoms with van der Waals surface area (Å²) in [5.41, 5.74) is 7.92. The summed E-state index contributed by atoms with van der Waals surface area (Å²) < 4.78 is 9.26. The Kier molecular flexibility index (Phi) is 7.12. The quantitative estimate of drug-likeness (QED) is 0.129. The molecule has 3 heterocycles. The summed E-state index contributed by atoms with van der Waals surface area (Å²) >= 11 is 0.136. The molecule has 0 aliphatic carbocycles. The molecule has 0 radical (unpaired) electrons. The zero-order valence-corrected chi connectivity index (χ0v) is 30.5. The van der Waals surface area contributed by atoms with E-state index in [1.165, 1.54) is 30.4 Å². The summed E-state index contributed by atoms with van der Waals surface area (Å²) in [4.78, 5) is 20.5. The Morgan fingerprint density at radius 2 is 1.04 bits per heavy atom. The molecule has 0 fully saturated rings. The number of oxazole rings is 1. The molecule has 0 bridgehead atoms. The first-order valence-electron chi connectivity index (χ1n) is 17.9. The Morgan fingerprint density at radius 3 is 1.83 bits per heavy atom. The van der Waals surface area contributed by atoms with Crippen LogP contribution in [-0.2, 0) is 0 Å². The Bertz CT molecular complexity index is 3210. The van der Waals surface area contributed by atoms with E-state index in [0.717, 1.165) is 54.9 Å². The Balaban J connectivity index is 1.14. The molecule has 0 spiro atoms. The van der Waals surface area contributed by atoms with E-state index in [9.17, 15) is 0 Å². The van der Waals surface area contributed by atoms with E-state index in [1.54, 1.807) is 0 Å². The van der Waals surface area contributed by atoms with Gasteiger partial charge < -0.3 is 0 Å². The third kappa shape index (κ3) is 5.07. The molecule has 11 rings (SSSR count). The fourth-order valence-electron chi connectivity index (χ4n) is 7.59. The molecular formula is C48H28N4OSe. The van der Waals surface area contributed by atoms with Crippen LogP contribution >= 0.6 is 0 Å². The number of aromatic nitrogens is 4. The first-order chi connectivity index (χ1) is 26.7. The van der Waals surface area contributed by atoms with Crippen LogP contribution in [0.3, 0.4) is 0 Å². The summed E-state index contributed by atoms with van der Waals surface area (Å²) in [6.07, 6.45) is 0. The molecule has 54 heavy (non-hydrogen) atoms.